The predicted octanol–water partition coefficient (Wildman–Crippen LogP) is 1.70. The summed E-state index contributed by atoms with van der Waals surface area (Å²) in [6.45, 7) is 0. The SMILES string of the molecule is O=C(Nc1ccc(-c2ccn[nH]2)cc1)c1ccc(-n2cncn2)nn1. The van der Waals surface area contributed by atoms with E-state index >= 15 is 0 Å². The Hall–Kier alpha value is -3.88. The molecular formula is C16H12N8O. The van der Waals surface area contributed by atoms with Crippen molar-refractivity contribution in [3.8, 4) is 17.1 Å². The molecule has 0 fully saturated rings. The largest absolute Gasteiger partial charge is 0.321 e. The van der Waals surface area contributed by atoms with E-state index in [0.29, 0.717) is 11.5 Å². The molecule has 2 N–H and O–H groups in total. The van der Waals surface area contributed by atoms with Crippen molar-refractivity contribution < 1.29 is 4.79 Å². The van der Waals surface area contributed by atoms with E-state index in [1.165, 1.54) is 17.3 Å². The lowest BCUT2D eigenvalue weighted by Gasteiger charge is -2.06. The first-order valence-corrected chi connectivity index (χ1v) is 7.39. The van der Waals surface area contributed by atoms with Gasteiger partial charge in [-0.05, 0) is 35.9 Å². The van der Waals surface area contributed by atoms with Crippen LogP contribution in [0.5, 0.6) is 0 Å². The third-order valence-corrected chi connectivity index (χ3v) is 3.49. The summed E-state index contributed by atoms with van der Waals surface area (Å²) >= 11 is 0. The van der Waals surface area contributed by atoms with Crippen molar-refractivity contribution in [1.29, 1.82) is 0 Å². The number of aromatic nitrogens is 7. The Bertz CT molecular complexity index is 960. The van der Waals surface area contributed by atoms with E-state index < -0.39 is 0 Å². The first-order valence-electron chi connectivity index (χ1n) is 7.39. The van der Waals surface area contributed by atoms with Crippen LogP contribution in [0.25, 0.3) is 17.1 Å². The fourth-order valence-corrected chi connectivity index (χ4v) is 2.24. The maximum Gasteiger partial charge on any atom is 0.276 e. The molecule has 9 heteroatoms. The first-order chi connectivity index (χ1) is 12.3. The molecule has 0 aliphatic rings. The molecule has 0 spiro atoms. The zero-order valence-corrected chi connectivity index (χ0v) is 12.9. The highest BCUT2D eigenvalue weighted by molar-refractivity contribution is 6.02. The summed E-state index contributed by atoms with van der Waals surface area (Å²) < 4.78 is 1.46. The molecule has 0 saturated carbocycles. The van der Waals surface area contributed by atoms with E-state index in [-0.39, 0.29) is 11.6 Å². The van der Waals surface area contributed by atoms with E-state index in [4.69, 9.17) is 0 Å². The normalized spacial score (nSPS) is 10.6. The van der Waals surface area contributed by atoms with Crippen LogP contribution in [-0.2, 0) is 0 Å². The Morgan fingerprint density at radius 1 is 1.04 bits per heavy atom. The van der Waals surface area contributed by atoms with E-state index in [1.807, 2.05) is 30.3 Å². The molecule has 4 rings (SSSR count). The molecule has 0 bridgehead atoms. The minimum atomic E-state index is -0.341. The van der Waals surface area contributed by atoms with Gasteiger partial charge in [0, 0.05) is 11.9 Å². The second-order valence-electron chi connectivity index (χ2n) is 5.12. The van der Waals surface area contributed by atoms with Gasteiger partial charge in [-0.3, -0.25) is 9.89 Å². The molecule has 3 aromatic heterocycles. The lowest BCUT2D eigenvalue weighted by molar-refractivity contribution is 0.102. The van der Waals surface area contributed by atoms with Crippen molar-refractivity contribution >= 4 is 11.6 Å². The summed E-state index contributed by atoms with van der Waals surface area (Å²) in [7, 11) is 0. The van der Waals surface area contributed by atoms with Gasteiger partial charge in [0.15, 0.2) is 11.5 Å². The first kappa shape index (κ1) is 14.7. The molecule has 0 radical (unpaired) electrons. The number of carbonyl (C=O) groups excluding carboxylic acids is 1. The van der Waals surface area contributed by atoms with Gasteiger partial charge in [-0.2, -0.15) is 10.2 Å². The van der Waals surface area contributed by atoms with Gasteiger partial charge in [0.2, 0.25) is 0 Å². The third-order valence-electron chi connectivity index (χ3n) is 3.49. The van der Waals surface area contributed by atoms with Gasteiger partial charge in [0.25, 0.3) is 5.91 Å². The molecule has 0 aliphatic heterocycles. The molecule has 9 nitrogen and oxygen atoms in total. The minimum absolute atomic E-state index is 0.210. The van der Waals surface area contributed by atoms with Crippen molar-refractivity contribution in [3.63, 3.8) is 0 Å². The summed E-state index contributed by atoms with van der Waals surface area (Å²) in [5.74, 6) is 0.143. The standard InChI is InChI=1S/C16H12N8O/c25-16(14-5-6-15(23-22-14)24-10-17-9-19-24)20-12-3-1-11(2-4-12)13-7-8-18-21-13/h1-10H,(H,18,21)(H,20,25). The van der Waals surface area contributed by atoms with Crippen molar-refractivity contribution in [3.05, 3.63) is 67.0 Å². The molecule has 0 aliphatic carbocycles. The van der Waals surface area contributed by atoms with Gasteiger partial charge in [0.1, 0.15) is 12.7 Å². The van der Waals surface area contributed by atoms with Crippen LogP contribution in [0, 0.1) is 0 Å². The fraction of sp³-hybridized carbons (Fsp3) is 0. The molecule has 1 amide bonds. The Balaban J connectivity index is 1.46. The third kappa shape index (κ3) is 3.11. The molecule has 25 heavy (non-hydrogen) atoms. The van der Waals surface area contributed by atoms with Crippen molar-refractivity contribution in [2.24, 2.45) is 0 Å². The van der Waals surface area contributed by atoms with Crippen LogP contribution in [0.3, 0.4) is 0 Å². The van der Waals surface area contributed by atoms with E-state index in [9.17, 15) is 4.79 Å². The summed E-state index contributed by atoms with van der Waals surface area (Å²) in [6, 6.07) is 12.5. The van der Waals surface area contributed by atoms with Crippen molar-refractivity contribution in [2.45, 2.75) is 0 Å². The second-order valence-corrected chi connectivity index (χ2v) is 5.12. The highest BCUT2D eigenvalue weighted by Crippen LogP contribution is 2.19. The van der Waals surface area contributed by atoms with Crippen molar-refractivity contribution in [1.82, 2.24) is 35.2 Å². The number of H-pyrrole nitrogens is 1. The minimum Gasteiger partial charge on any atom is -0.321 e. The molecule has 0 saturated heterocycles. The summed E-state index contributed by atoms with van der Waals surface area (Å²) in [6.07, 6.45) is 4.59. The molecule has 0 unspecified atom stereocenters. The quantitative estimate of drug-likeness (QED) is 0.588. The highest BCUT2D eigenvalue weighted by Gasteiger charge is 2.10. The lowest BCUT2D eigenvalue weighted by Crippen LogP contribution is -2.15. The number of aromatic amines is 1. The number of hydrogen-bond donors (Lipinski definition) is 2. The average molecular weight is 332 g/mol. The Morgan fingerprint density at radius 2 is 1.92 bits per heavy atom. The number of nitrogens with zero attached hydrogens (tertiary/aromatic N) is 6. The summed E-state index contributed by atoms with van der Waals surface area (Å²) in [4.78, 5) is 16.1. The molecular weight excluding hydrogens is 320 g/mol. The van der Waals surface area contributed by atoms with Crippen LogP contribution in [0.15, 0.2) is 61.3 Å². The monoisotopic (exact) mass is 332 g/mol. The van der Waals surface area contributed by atoms with Crippen LogP contribution >= 0.6 is 0 Å². The number of benzene rings is 1. The maximum atomic E-state index is 12.3. The predicted molar refractivity (Wildman–Crippen MR) is 88.9 cm³/mol. The van der Waals surface area contributed by atoms with Gasteiger partial charge in [0.05, 0.1) is 5.69 Å². The van der Waals surface area contributed by atoms with E-state index in [2.05, 4.69) is 35.8 Å². The van der Waals surface area contributed by atoms with Crippen LogP contribution in [-0.4, -0.2) is 41.1 Å². The second kappa shape index (κ2) is 6.32. The zero-order valence-electron chi connectivity index (χ0n) is 12.9. The lowest BCUT2D eigenvalue weighted by atomic mass is 10.1. The number of hydrogen-bond acceptors (Lipinski definition) is 6. The van der Waals surface area contributed by atoms with Gasteiger partial charge in [-0.15, -0.1) is 10.2 Å². The maximum absolute atomic E-state index is 12.3. The van der Waals surface area contributed by atoms with Gasteiger partial charge >= 0.3 is 0 Å². The molecule has 3 heterocycles. The number of anilines is 1. The Labute approximate surface area is 141 Å². The Kier molecular flexibility index (Phi) is 3.71. The average Bonchev–Trinajstić information content (AvgIpc) is 3.36. The van der Waals surface area contributed by atoms with E-state index in [1.54, 1.807) is 18.3 Å². The fourth-order valence-electron chi connectivity index (χ4n) is 2.24. The summed E-state index contributed by atoms with van der Waals surface area (Å²) in [5.41, 5.74) is 2.76. The number of amides is 1. The van der Waals surface area contributed by atoms with Crippen LogP contribution in [0.2, 0.25) is 0 Å². The number of carbonyl (C=O) groups is 1. The topological polar surface area (TPSA) is 114 Å². The van der Waals surface area contributed by atoms with E-state index in [0.717, 1.165) is 11.3 Å². The Morgan fingerprint density at radius 3 is 2.56 bits per heavy atom. The van der Waals surface area contributed by atoms with Gasteiger partial charge in [-0.25, -0.2) is 9.67 Å². The van der Waals surface area contributed by atoms with Crippen LogP contribution < -0.4 is 5.32 Å². The molecule has 0 atom stereocenters. The van der Waals surface area contributed by atoms with Crippen molar-refractivity contribution in [2.75, 3.05) is 5.32 Å². The molecule has 4 aromatic rings. The molecule has 122 valence electrons. The summed E-state index contributed by atoms with van der Waals surface area (Å²) in [5, 5.41) is 21.4. The number of nitrogens with one attached hydrogen (secondary N) is 2. The smallest absolute Gasteiger partial charge is 0.276 e. The zero-order chi connectivity index (χ0) is 17.1. The highest BCUT2D eigenvalue weighted by atomic mass is 16.1. The van der Waals surface area contributed by atoms with Crippen LogP contribution in [0.4, 0.5) is 5.69 Å². The van der Waals surface area contributed by atoms with Gasteiger partial charge < -0.3 is 5.32 Å². The van der Waals surface area contributed by atoms with Gasteiger partial charge in [-0.1, -0.05) is 12.1 Å². The number of rotatable bonds is 4. The molecule has 1 aromatic carbocycles. The van der Waals surface area contributed by atoms with Crippen LogP contribution in [0.1, 0.15) is 10.5 Å².